The number of hydrogen-bond acceptors (Lipinski definition) is 3. The van der Waals surface area contributed by atoms with Crippen molar-refractivity contribution in [2.45, 2.75) is 6.92 Å². The Hall–Kier alpha value is -2.04. The SMILES string of the molecule is CC(=O)c1ccc(NC(=O)COc2ccc(Cl)c(Cl)c2)cc1. The smallest absolute Gasteiger partial charge is 0.262 e. The van der Waals surface area contributed by atoms with Gasteiger partial charge < -0.3 is 10.1 Å². The van der Waals surface area contributed by atoms with Crippen molar-refractivity contribution < 1.29 is 14.3 Å². The summed E-state index contributed by atoms with van der Waals surface area (Å²) in [6.07, 6.45) is 0. The highest BCUT2D eigenvalue weighted by molar-refractivity contribution is 6.42. The van der Waals surface area contributed by atoms with Gasteiger partial charge in [-0.3, -0.25) is 9.59 Å². The molecule has 1 N–H and O–H groups in total. The zero-order valence-electron chi connectivity index (χ0n) is 11.7. The molecule has 0 radical (unpaired) electrons. The van der Waals surface area contributed by atoms with Gasteiger partial charge in [0.15, 0.2) is 12.4 Å². The standard InChI is InChI=1S/C16H13Cl2NO3/c1-10(20)11-2-4-12(5-3-11)19-16(21)9-22-13-6-7-14(17)15(18)8-13/h2-8H,9H2,1H3,(H,19,21). The number of nitrogens with one attached hydrogen (secondary N) is 1. The Labute approximate surface area is 138 Å². The molecule has 0 spiro atoms. The van der Waals surface area contributed by atoms with Crippen molar-refractivity contribution in [3.63, 3.8) is 0 Å². The zero-order valence-corrected chi connectivity index (χ0v) is 13.2. The average Bonchev–Trinajstić information content (AvgIpc) is 2.49. The van der Waals surface area contributed by atoms with Crippen LogP contribution in [0.4, 0.5) is 5.69 Å². The van der Waals surface area contributed by atoms with Gasteiger partial charge in [0, 0.05) is 17.3 Å². The Balaban J connectivity index is 1.89. The van der Waals surface area contributed by atoms with E-state index in [0.29, 0.717) is 27.0 Å². The molecule has 0 aliphatic carbocycles. The van der Waals surface area contributed by atoms with E-state index in [-0.39, 0.29) is 18.3 Å². The molecule has 0 unspecified atom stereocenters. The lowest BCUT2D eigenvalue weighted by Crippen LogP contribution is -2.20. The van der Waals surface area contributed by atoms with E-state index in [1.54, 1.807) is 42.5 Å². The fourth-order valence-corrected chi connectivity index (χ4v) is 1.99. The maximum absolute atomic E-state index is 11.8. The van der Waals surface area contributed by atoms with Crippen LogP contribution in [0, 0.1) is 0 Å². The molecule has 1 amide bonds. The molecular formula is C16H13Cl2NO3. The number of amides is 1. The highest BCUT2D eigenvalue weighted by atomic mass is 35.5. The highest BCUT2D eigenvalue weighted by Gasteiger charge is 2.06. The largest absolute Gasteiger partial charge is 0.484 e. The van der Waals surface area contributed by atoms with Gasteiger partial charge >= 0.3 is 0 Å². The fourth-order valence-electron chi connectivity index (χ4n) is 1.70. The van der Waals surface area contributed by atoms with Crippen LogP contribution in [-0.4, -0.2) is 18.3 Å². The van der Waals surface area contributed by atoms with Crippen molar-refractivity contribution in [3.05, 3.63) is 58.1 Å². The van der Waals surface area contributed by atoms with E-state index in [1.807, 2.05) is 0 Å². The minimum absolute atomic E-state index is 0.0270. The van der Waals surface area contributed by atoms with Crippen LogP contribution in [0.15, 0.2) is 42.5 Å². The van der Waals surface area contributed by atoms with Crippen LogP contribution in [0.25, 0.3) is 0 Å². The molecule has 0 aliphatic rings. The number of hydrogen-bond donors (Lipinski definition) is 1. The summed E-state index contributed by atoms with van der Waals surface area (Å²) >= 11 is 11.7. The second kappa shape index (κ2) is 7.29. The van der Waals surface area contributed by atoms with E-state index in [4.69, 9.17) is 27.9 Å². The van der Waals surface area contributed by atoms with Gasteiger partial charge in [0.2, 0.25) is 0 Å². The van der Waals surface area contributed by atoms with Gasteiger partial charge in [-0.15, -0.1) is 0 Å². The molecule has 6 heteroatoms. The zero-order chi connectivity index (χ0) is 16.1. The van der Waals surface area contributed by atoms with Gasteiger partial charge in [-0.1, -0.05) is 23.2 Å². The topological polar surface area (TPSA) is 55.4 Å². The summed E-state index contributed by atoms with van der Waals surface area (Å²) in [5, 5.41) is 3.45. The summed E-state index contributed by atoms with van der Waals surface area (Å²) in [6.45, 7) is 1.32. The summed E-state index contributed by atoms with van der Waals surface area (Å²) in [7, 11) is 0. The molecule has 2 aromatic carbocycles. The Morgan fingerprint density at radius 2 is 1.73 bits per heavy atom. The predicted molar refractivity (Wildman–Crippen MR) is 87.0 cm³/mol. The quantitative estimate of drug-likeness (QED) is 0.831. The first-order valence-electron chi connectivity index (χ1n) is 6.44. The molecule has 0 bridgehead atoms. The molecule has 0 aliphatic heterocycles. The number of ether oxygens (including phenoxy) is 1. The second-order valence-electron chi connectivity index (χ2n) is 4.55. The Morgan fingerprint density at radius 3 is 2.32 bits per heavy atom. The first-order valence-corrected chi connectivity index (χ1v) is 7.20. The van der Waals surface area contributed by atoms with Gasteiger partial charge in [-0.05, 0) is 43.3 Å². The molecule has 2 rings (SSSR count). The first kappa shape index (κ1) is 16.3. The summed E-state index contributed by atoms with van der Waals surface area (Å²) in [6, 6.07) is 11.4. The maximum atomic E-state index is 11.8. The second-order valence-corrected chi connectivity index (χ2v) is 5.36. The number of halogens is 2. The van der Waals surface area contributed by atoms with Crippen molar-refractivity contribution in [1.29, 1.82) is 0 Å². The monoisotopic (exact) mass is 337 g/mol. The average molecular weight is 338 g/mol. The summed E-state index contributed by atoms with van der Waals surface area (Å²) in [5.74, 6) is 0.110. The molecule has 114 valence electrons. The molecule has 0 aromatic heterocycles. The molecule has 0 heterocycles. The van der Waals surface area contributed by atoms with Crippen molar-refractivity contribution in [1.82, 2.24) is 0 Å². The summed E-state index contributed by atoms with van der Waals surface area (Å²) in [4.78, 5) is 23.0. The third-order valence-corrected chi connectivity index (χ3v) is 3.58. The molecule has 4 nitrogen and oxygen atoms in total. The molecular weight excluding hydrogens is 325 g/mol. The predicted octanol–water partition coefficient (Wildman–Crippen LogP) is 4.21. The third kappa shape index (κ3) is 4.48. The fraction of sp³-hybridized carbons (Fsp3) is 0.125. The Kier molecular flexibility index (Phi) is 5.41. The molecule has 22 heavy (non-hydrogen) atoms. The van der Waals surface area contributed by atoms with Crippen molar-refractivity contribution in [2.75, 3.05) is 11.9 Å². The van der Waals surface area contributed by atoms with E-state index in [9.17, 15) is 9.59 Å². The lowest BCUT2D eigenvalue weighted by Gasteiger charge is -2.08. The molecule has 0 saturated carbocycles. The number of benzene rings is 2. The van der Waals surface area contributed by atoms with E-state index < -0.39 is 0 Å². The van der Waals surface area contributed by atoms with Crippen molar-refractivity contribution in [2.24, 2.45) is 0 Å². The summed E-state index contributed by atoms with van der Waals surface area (Å²) in [5.41, 5.74) is 1.18. The van der Waals surface area contributed by atoms with Gasteiger partial charge in [-0.25, -0.2) is 0 Å². The van der Waals surface area contributed by atoms with E-state index >= 15 is 0 Å². The van der Waals surface area contributed by atoms with Gasteiger partial charge in [0.25, 0.3) is 5.91 Å². The molecule has 2 aromatic rings. The van der Waals surface area contributed by atoms with Crippen LogP contribution < -0.4 is 10.1 Å². The number of ketones is 1. The van der Waals surface area contributed by atoms with Crippen molar-refractivity contribution in [3.8, 4) is 5.75 Å². The normalized spacial score (nSPS) is 10.1. The number of rotatable bonds is 5. The molecule has 0 atom stereocenters. The minimum Gasteiger partial charge on any atom is -0.484 e. The van der Waals surface area contributed by atoms with E-state index in [2.05, 4.69) is 5.32 Å². The van der Waals surface area contributed by atoms with Crippen LogP contribution in [0.2, 0.25) is 10.0 Å². The first-order chi connectivity index (χ1) is 10.5. The minimum atomic E-state index is -0.318. The number of carbonyl (C=O) groups is 2. The Bertz CT molecular complexity index is 699. The van der Waals surface area contributed by atoms with Gasteiger partial charge in [-0.2, -0.15) is 0 Å². The lowest BCUT2D eigenvalue weighted by molar-refractivity contribution is -0.118. The highest BCUT2D eigenvalue weighted by Crippen LogP contribution is 2.26. The van der Waals surface area contributed by atoms with Gasteiger partial charge in [0.1, 0.15) is 5.75 Å². The van der Waals surface area contributed by atoms with Crippen LogP contribution in [-0.2, 0) is 4.79 Å². The van der Waals surface area contributed by atoms with E-state index in [0.717, 1.165) is 0 Å². The number of Topliss-reactive ketones (excluding diaryl/α,β-unsaturated/α-hetero) is 1. The van der Waals surface area contributed by atoms with Crippen LogP contribution in [0.1, 0.15) is 17.3 Å². The maximum Gasteiger partial charge on any atom is 0.262 e. The Morgan fingerprint density at radius 1 is 1.05 bits per heavy atom. The van der Waals surface area contributed by atoms with Crippen LogP contribution in [0.5, 0.6) is 5.75 Å². The molecule has 0 saturated heterocycles. The van der Waals surface area contributed by atoms with Crippen LogP contribution in [0.3, 0.4) is 0 Å². The number of anilines is 1. The van der Waals surface area contributed by atoms with Gasteiger partial charge in [0.05, 0.1) is 10.0 Å². The van der Waals surface area contributed by atoms with E-state index in [1.165, 1.54) is 6.92 Å². The summed E-state index contributed by atoms with van der Waals surface area (Å²) < 4.78 is 5.33. The third-order valence-electron chi connectivity index (χ3n) is 2.84. The lowest BCUT2D eigenvalue weighted by atomic mass is 10.1. The number of carbonyl (C=O) groups excluding carboxylic acids is 2. The molecule has 0 fully saturated rings. The van der Waals surface area contributed by atoms with Crippen LogP contribution >= 0.6 is 23.2 Å². The van der Waals surface area contributed by atoms with Crippen molar-refractivity contribution >= 4 is 40.6 Å².